The Morgan fingerprint density at radius 1 is 0.867 bits per heavy atom. The lowest BCUT2D eigenvalue weighted by Gasteiger charge is -2.06. The van der Waals surface area contributed by atoms with Gasteiger partial charge in [0.05, 0.1) is 11.4 Å². The molecule has 1 aromatic heterocycles. The highest BCUT2D eigenvalue weighted by Crippen LogP contribution is 2.24. The monoisotopic (exact) mass is 413 g/mol. The Morgan fingerprint density at radius 2 is 1.63 bits per heavy atom. The SMILES string of the molecule is CC(=O)c1ccc(NC(=O)CSc2ccc(-c3ccc4ccccc4c3)nn2)cc1. The molecule has 1 amide bonds. The van der Waals surface area contributed by atoms with E-state index in [1.807, 2.05) is 30.3 Å². The van der Waals surface area contributed by atoms with Crippen LogP contribution in [0.1, 0.15) is 17.3 Å². The maximum absolute atomic E-state index is 12.2. The van der Waals surface area contributed by atoms with Gasteiger partial charge in [0, 0.05) is 16.8 Å². The molecule has 0 spiro atoms. The van der Waals surface area contributed by atoms with Crippen molar-refractivity contribution in [1.29, 1.82) is 0 Å². The lowest BCUT2D eigenvalue weighted by Crippen LogP contribution is -2.14. The standard InChI is InChI=1S/C24H19N3O2S/c1-16(28)17-8-10-21(11-9-17)25-23(29)15-30-24-13-12-22(26-27-24)20-7-6-18-4-2-3-5-19(18)14-20/h2-14H,15H2,1H3,(H,25,29). The number of hydrogen-bond donors (Lipinski definition) is 1. The van der Waals surface area contributed by atoms with Crippen molar-refractivity contribution in [3.8, 4) is 11.3 Å². The van der Waals surface area contributed by atoms with Gasteiger partial charge in [-0.05, 0) is 60.2 Å². The highest BCUT2D eigenvalue weighted by Gasteiger charge is 2.07. The summed E-state index contributed by atoms with van der Waals surface area (Å²) in [5.74, 6) is 0.0727. The molecular formula is C24H19N3O2S. The summed E-state index contributed by atoms with van der Waals surface area (Å²) < 4.78 is 0. The van der Waals surface area contributed by atoms with E-state index >= 15 is 0 Å². The Hall–Kier alpha value is -3.51. The molecule has 0 saturated carbocycles. The Balaban J connectivity index is 1.36. The second kappa shape index (κ2) is 8.88. The van der Waals surface area contributed by atoms with Gasteiger partial charge in [-0.3, -0.25) is 9.59 Å². The summed E-state index contributed by atoms with van der Waals surface area (Å²) in [7, 11) is 0. The molecule has 1 N–H and O–H groups in total. The van der Waals surface area contributed by atoms with Gasteiger partial charge in [-0.25, -0.2) is 0 Å². The molecule has 5 nitrogen and oxygen atoms in total. The number of carbonyl (C=O) groups excluding carboxylic acids is 2. The molecule has 1 heterocycles. The number of anilines is 1. The number of fused-ring (bicyclic) bond motifs is 1. The fraction of sp³-hybridized carbons (Fsp3) is 0.0833. The molecule has 30 heavy (non-hydrogen) atoms. The Kier molecular flexibility index (Phi) is 5.86. The highest BCUT2D eigenvalue weighted by molar-refractivity contribution is 7.99. The number of carbonyl (C=O) groups is 2. The van der Waals surface area contributed by atoms with Crippen LogP contribution in [0.15, 0.2) is 83.9 Å². The zero-order valence-electron chi connectivity index (χ0n) is 16.3. The number of nitrogens with one attached hydrogen (secondary N) is 1. The molecule has 148 valence electrons. The average molecular weight is 414 g/mol. The maximum Gasteiger partial charge on any atom is 0.234 e. The highest BCUT2D eigenvalue weighted by atomic mass is 32.2. The van der Waals surface area contributed by atoms with Gasteiger partial charge >= 0.3 is 0 Å². The van der Waals surface area contributed by atoms with Crippen molar-refractivity contribution in [1.82, 2.24) is 10.2 Å². The third kappa shape index (κ3) is 4.72. The Labute approximate surface area is 178 Å². The van der Waals surface area contributed by atoms with Gasteiger partial charge in [-0.2, -0.15) is 0 Å². The van der Waals surface area contributed by atoms with Crippen LogP contribution in [0, 0.1) is 0 Å². The first-order valence-electron chi connectivity index (χ1n) is 9.45. The van der Waals surface area contributed by atoms with Crippen LogP contribution >= 0.6 is 11.8 Å². The summed E-state index contributed by atoms with van der Waals surface area (Å²) >= 11 is 1.32. The van der Waals surface area contributed by atoms with E-state index < -0.39 is 0 Å². The van der Waals surface area contributed by atoms with Gasteiger partial charge in [0.25, 0.3) is 0 Å². The number of aromatic nitrogens is 2. The van der Waals surface area contributed by atoms with Gasteiger partial charge in [0.2, 0.25) is 5.91 Å². The molecule has 4 rings (SSSR count). The minimum atomic E-state index is -0.143. The normalized spacial score (nSPS) is 10.7. The molecule has 0 fully saturated rings. The van der Waals surface area contributed by atoms with Crippen LogP contribution < -0.4 is 5.32 Å². The van der Waals surface area contributed by atoms with Crippen molar-refractivity contribution in [3.63, 3.8) is 0 Å². The van der Waals surface area contributed by atoms with Crippen molar-refractivity contribution in [2.24, 2.45) is 0 Å². The van der Waals surface area contributed by atoms with E-state index in [0.717, 1.165) is 16.6 Å². The minimum Gasteiger partial charge on any atom is -0.325 e. The molecule has 3 aromatic carbocycles. The second-order valence-electron chi connectivity index (χ2n) is 6.79. The molecule has 0 aliphatic rings. The predicted molar refractivity (Wildman–Crippen MR) is 121 cm³/mol. The van der Waals surface area contributed by atoms with E-state index in [9.17, 15) is 9.59 Å². The first-order chi connectivity index (χ1) is 14.6. The third-order valence-corrected chi connectivity index (χ3v) is 5.53. The number of ketones is 1. The summed E-state index contributed by atoms with van der Waals surface area (Å²) in [6.45, 7) is 1.51. The molecule has 0 bridgehead atoms. The zero-order chi connectivity index (χ0) is 20.9. The average Bonchev–Trinajstić information content (AvgIpc) is 2.78. The molecule has 0 radical (unpaired) electrons. The lowest BCUT2D eigenvalue weighted by molar-refractivity contribution is -0.113. The molecule has 0 saturated heterocycles. The number of Topliss-reactive ketones (excluding diaryl/α,β-unsaturated/α-hetero) is 1. The summed E-state index contributed by atoms with van der Waals surface area (Å²) in [5.41, 5.74) is 3.07. The van der Waals surface area contributed by atoms with Gasteiger partial charge in [0.15, 0.2) is 5.78 Å². The molecule has 0 aliphatic carbocycles. The van der Waals surface area contributed by atoms with Gasteiger partial charge in [0.1, 0.15) is 5.03 Å². The number of thioether (sulfide) groups is 1. The van der Waals surface area contributed by atoms with Crippen LogP contribution in [0.4, 0.5) is 5.69 Å². The molecule has 4 aromatic rings. The number of benzene rings is 3. The summed E-state index contributed by atoms with van der Waals surface area (Å²) in [6, 6.07) is 25.0. The van der Waals surface area contributed by atoms with Crippen molar-refractivity contribution in [2.45, 2.75) is 11.9 Å². The van der Waals surface area contributed by atoms with Crippen LogP contribution in [0.5, 0.6) is 0 Å². The molecule has 6 heteroatoms. The first kappa shape index (κ1) is 19.8. The maximum atomic E-state index is 12.2. The van der Waals surface area contributed by atoms with Crippen LogP contribution in [-0.4, -0.2) is 27.6 Å². The molecular weight excluding hydrogens is 394 g/mol. The fourth-order valence-electron chi connectivity index (χ4n) is 3.02. The van der Waals surface area contributed by atoms with E-state index in [4.69, 9.17) is 0 Å². The number of rotatable bonds is 6. The van der Waals surface area contributed by atoms with Crippen molar-refractivity contribution < 1.29 is 9.59 Å². The Bertz CT molecular complexity index is 1210. The topological polar surface area (TPSA) is 72.0 Å². The minimum absolute atomic E-state index is 0.00542. The van der Waals surface area contributed by atoms with Gasteiger partial charge < -0.3 is 5.32 Å². The second-order valence-corrected chi connectivity index (χ2v) is 7.78. The van der Waals surface area contributed by atoms with Crippen LogP contribution in [0.3, 0.4) is 0 Å². The van der Waals surface area contributed by atoms with Crippen molar-refractivity contribution in [2.75, 3.05) is 11.1 Å². The first-order valence-corrected chi connectivity index (χ1v) is 10.4. The zero-order valence-corrected chi connectivity index (χ0v) is 17.1. The van der Waals surface area contributed by atoms with E-state index in [2.05, 4.69) is 39.8 Å². The van der Waals surface area contributed by atoms with Crippen LogP contribution in [-0.2, 0) is 4.79 Å². The van der Waals surface area contributed by atoms with E-state index in [1.165, 1.54) is 24.1 Å². The van der Waals surface area contributed by atoms with Gasteiger partial charge in [-0.15, -0.1) is 10.2 Å². The summed E-state index contributed by atoms with van der Waals surface area (Å²) in [4.78, 5) is 23.5. The molecule has 0 aliphatic heterocycles. The number of nitrogens with zero attached hydrogens (tertiary/aromatic N) is 2. The van der Waals surface area contributed by atoms with Gasteiger partial charge in [-0.1, -0.05) is 48.2 Å². The van der Waals surface area contributed by atoms with E-state index in [1.54, 1.807) is 24.3 Å². The predicted octanol–water partition coefficient (Wildman–Crippen LogP) is 5.23. The molecule has 0 unspecified atom stereocenters. The van der Waals surface area contributed by atoms with Crippen LogP contribution in [0.25, 0.3) is 22.0 Å². The quantitative estimate of drug-likeness (QED) is 0.346. The summed E-state index contributed by atoms with van der Waals surface area (Å²) in [6.07, 6.45) is 0. The molecule has 0 atom stereocenters. The summed E-state index contributed by atoms with van der Waals surface area (Å²) in [5, 5.41) is 14.4. The lowest BCUT2D eigenvalue weighted by atomic mass is 10.1. The van der Waals surface area contributed by atoms with Crippen LogP contribution in [0.2, 0.25) is 0 Å². The largest absolute Gasteiger partial charge is 0.325 e. The smallest absolute Gasteiger partial charge is 0.234 e. The van der Waals surface area contributed by atoms with E-state index in [-0.39, 0.29) is 17.4 Å². The number of amides is 1. The van der Waals surface area contributed by atoms with Crippen molar-refractivity contribution in [3.05, 3.63) is 84.4 Å². The third-order valence-electron chi connectivity index (χ3n) is 4.61. The fourth-order valence-corrected chi connectivity index (χ4v) is 3.64. The van der Waals surface area contributed by atoms with E-state index in [0.29, 0.717) is 16.3 Å². The number of hydrogen-bond acceptors (Lipinski definition) is 5. The Morgan fingerprint density at radius 3 is 2.33 bits per heavy atom. The van der Waals surface area contributed by atoms with Crippen molar-refractivity contribution >= 4 is 39.9 Å².